The van der Waals surface area contributed by atoms with Gasteiger partial charge in [0.05, 0.1) is 12.6 Å². The number of aliphatic carboxylic acids is 1. The Morgan fingerprint density at radius 3 is 2.05 bits per heavy atom. The van der Waals surface area contributed by atoms with Crippen molar-refractivity contribution in [3.8, 4) is 11.5 Å². The van der Waals surface area contributed by atoms with Gasteiger partial charge in [0, 0.05) is 44.1 Å². The monoisotopic (exact) mass is 592 g/mol. The lowest BCUT2D eigenvalue weighted by atomic mass is 9.96. The van der Waals surface area contributed by atoms with E-state index >= 15 is 0 Å². The van der Waals surface area contributed by atoms with Crippen LogP contribution in [0, 0.1) is 0 Å². The topological polar surface area (TPSA) is 96.4 Å². The third-order valence-corrected chi connectivity index (χ3v) is 7.90. The highest BCUT2D eigenvalue weighted by atomic mass is 16.5. The van der Waals surface area contributed by atoms with Crippen LogP contribution in [0.15, 0.2) is 109 Å². The number of benzene rings is 4. The number of hydrogen-bond donors (Lipinski definition) is 1. The van der Waals surface area contributed by atoms with Crippen molar-refractivity contribution in [2.75, 3.05) is 20.2 Å². The molecule has 1 N–H and O–H groups in total. The van der Waals surface area contributed by atoms with E-state index in [4.69, 9.17) is 9.47 Å². The van der Waals surface area contributed by atoms with Crippen molar-refractivity contribution < 1.29 is 29.0 Å². The zero-order valence-corrected chi connectivity index (χ0v) is 24.9. The summed E-state index contributed by atoms with van der Waals surface area (Å²) in [6.07, 6.45) is 0.849. The smallest absolute Gasteiger partial charge is 0.348 e. The van der Waals surface area contributed by atoms with Crippen molar-refractivity contribution in [1.29, 1.82) is 0 Å². The number of amides is 2. The fraction of sp³-hybridized carbons (Fsp3) is 0.250. The Bertz CT molecular complexity index is 1570. The molecule has 0 bridgehead atoms. The maximum Gasteiger partial charge on any atom is 0.348 e. The van der Waals surface area contributed by atoms with E-state index in [0.717, 1.165) is 11.1 Å². The quantitative estimate of drug-likeness (QED) is 0.189. The number of ether oxygens (including phenoxy) is 2. The lowest BCUT2D eigenvalue weighted by molar-refractivity contribution is -0.153. The fourth-order valence-electron chi connectivity index (χ4n) is 5.30. The Kier molecular flexibility index (Phi) is 9.29. The van der Waals surface area contributed by atoms with Gasteiger partial charge in [-0.2, -0.15) is 0 Å². The Morgan fingerprint density at radius 2 is 1.41 bits per heavy atom. The molecule has 5 rings (SSSR count). The Labute approximate surface area is 257 Å². The molecule has 0 aromatic heterocycles. The highest BCUT2D eigenvalue weighted by Gasteiger charge is 2.36. The molecular formula is C36H36N2O6. The average molecular weight is 593 g/mol. The molecular weight excluding hydrogens is 556 g/mol. The van der Waals surface area contributed by atoms with E-state index in [-0.39, 0.29) is 24.3 Å². The number of rotatable bonds is 13. The number of carboxylic acids is 1. The van der Waals surface area contributed by atoms with Gasteiger partial charge < -0.3 is 24.4 Å². The molecule has 0 saturated carbocycles. The SMILES string of the molecule is CN1C(=O)N(Cc2ccc(C(=O)c3ccccc3)cc2)CC1CCOc1ccc(CC(C)(Oc2ccccc2)C(=O)O)cc1. The van der Waals surface area contributed by atoms with Crippen LogP contribution in [-0.2, 0) is 17.8 Å². The van der Waals surface area contributed by atoms with Crippen LogP contribution in [0.1, 0.15) is 40.4 Å². The van der Waals surface area contributed by atoms with Crippen LogP contribution in [0.5, 0.6) is 11.5 Å². The number of hydrogen-bond acceptors (Lipinski definition) is 5. The predicted octanol–water partition coefficient (Wildman–Crippen LogP) is 6.09. The zero-order chi connectivity index (χ0) is 31.1. The molecule has 2 amide bonds. The third-order valence-electron chi connectivity index (χ3n) is 7.90. The molecule has 4 aromatic carbocycles. The van der Waals surface area contributed by atoms with Crippen LogP contribution in [0.3, 0.4) is 0 Å². The molecule has 1 heterocycles. The Hall–Kier alpha value is -5.11. The summed E-state index contributed by atoms with van der Waals surface area (Å²) >= 11 is 0. The largest absolute Gasteiger partial charge is 0.494 e. The standard InChI is InChI=1S/C36H36N2O6/c1-36(34(40)41,44-32-11-7-4-8-12-32)23-26-15-19-31(20-16-26)43-22-21-30-25-38(35(42)37(30)2)24-27-13-17-29(18-14-27)33(39)28-9-5-3-6-10-28/h3-20,30H,21-25H2,1-2H3,(H,40,41). The molecule has 1 fully saturated rings. The van der Waals surface area contributed by atoms with Gasteiger partial charge >= 0.3 is 12.0 Å². The van der Waals surface area contributed by atoms with Crippen molar-refractivity contribution >= 4 is 17.8 Å². The molecule has 0 spiro atoms. The van der Waals surface area contributed by atoms with Crippen molar-refractivity contribution in [1.82, 2.24) is 9.80 Å². The first-order valence-electron chi connectivity index (χ1n) is 14.6. The first kappa shape index (κ1) is 30.4. The van der Waals surface area contributed by atoms with Crippen molar-refractivity contribution in [2.45, 2.75) is 38.0 Å². The van der Waals surface area contributed by atoms with Crippen LogP contribution >= 0.6 is 0 Å². The van der Waals surface area contributed by atoms with E-state index in [9.17, 15) is 19.5 Å². The molecule has 4 aromatic rings. The van der Waals surface area contributed by atoms with Gasteiger partial charge in [-0.05, 0) is 42.3 Å². The van der Waals surface area contributed by atoms with Gasteiger partial charge in [-0.25, -0.2) is 9.59 Å². The molecule has 2 unspecified atom stereocenters. The first-order chi connectivity index (χ1) is 21.2. The van der Waals surface area contributed by atoms with Crippen molar-refractivity contribution in [3.63, 3.8) is 0 Å². The minimum Gasteiger partial charge on any atom is -0.494 e. The van der Waals surface area contributed by atoms with Crippen LogP contribution in [0.2, 0.25) is 0 Å². The van der Waals surface area contributed by atoms with Gasteiger partial charge in [0.1, 0.15) is 11.5 Å². The normalized spacial score (nSPS) is 16.0. The van der Waals surface area contributed by atoms with Gasteiger partial charge in [-0.15, -0.1) is 0 Å². The lowest BCUT2D eigenvalue weighted by Gasteiger charge is -2.26. The highest BCUT2D eigenvalue weighted by Crippen LogP contribution is 2.25. The van der Waals surface area contributed by atoms with E-state index in [1.807, 2.05) is 77.7 Å². The van der Waals surface area contributed by atoms with E-state index in [1.165, 1.54) is 0 Å². The predicted molar refractivity (Wildman–Crippen MR) is 167 cm³/mol. The Balaban J connectivity index is 1.10. The van der Waals surface area contributed by atoms with E-state index < -0.39 is 11.6 Å². The van der Waals surface area contributed by atoms with Crippen LogP contribution in [0.25, 0.3) is 0 Å². The lowest BCUT2D eigenvalue weighted by Crippen LogP contribution is -2.43. The summed E-state index contributed by atoms with van der Waals surface area (Å²) < 4.78 is 11.8. The van der Waals surface area contributed by atoms with Crippen molar-refractivity contribution in [3.05, 3.63) is 131 Å². The molecule has 0 aliphatic carbocycles. The number of ketones is 1. The molecule has 8 heteroatoms. The number of nitrogens with zero attached hydrogens (tertiary/aromatic N) is 2. The summed E-state index contributed by atoms with van der Waals surface area (Å²) in [7, 11) is 1.81. The van der Waals surface area contributed by atoms with Crippen LogP contribution in [0.4, 0.5) is 4.79 Å². The van der Waals surface area contributed by atoms with Crippen LogP contribution in [-0.4, -0.2) is 64.5 Å². The summed E-state index contributed by atoms with van der Waals surface area (Å²) in [5.41, 5.74) is 1.61. The van der Waals surface area contributed by atoms with Crippen LogP contribution < -0.4 is 9.47 Å². The summed E-state index contributed by atoms with van der Waals surface area (Å²) in [5.74, 6) is 0.101. The minimum absolute atomic E-state index is 0.00659. The molecule has 8 nitrogen and oxygen atoms in total. The average Bonchev–Trinajstić information content (AvgIpc) is 3.30. The molecule has 2 atom stereocenters. The number of carbonyl (C=O) groups is 3. The van der Waals surface area contributed by atoms with Gasteiger partial charge in [0.2, 0.25) is 5.60 Å². The first-order valence-corrected chi connectivity index (χ1v) is 14.6. The van der Waals surface area contributed by atoms with Crippen molar-refractivity contribution in [2.24, 2.45) is 0 Å². The summed E-state index contributed by atoms with van der Waals surface area (Å²) in [5, 5.41) is 9.85. The Morgan fingerprint density at radius 1 is 0.818 bits per heavy atom. The van der Waals surface area contributed by atoms with E-state index in [0.29, 0.717) is 48.7 Å². The van der Waals surface area contributed by atoms with E-state index in [1.54, 1.807) is 55.3 Å². The fourth-order valence-corrected chi connectivity index (χ4v) is 5.30. The molecule has 44 heavy (non-hydrogen) atoms. The molecule has 226 valence electrons. The molecule has 1 aliphatic rings. The van der Waals surface area contributed by atoms with Gasteiger partial charge in [-0.3, -0.25) is 4.79 Å². The summed E-state index contributed by atoms with van der Waals surface area (Å²) in [6, 6.07) is 32.8. The number of para-hydroxylation sites is 1. The maximum absolute atomic E-state index is 12.9. The minimum atomic E-state index is -1.42. The second-order valence-corrected chi connectivity index (χ2v) is 11.2. The number of carbonyl (C=O) groups excluding carboxylic acids is 2. The second-order valence-electron chi connectivity index (χ2n) is 11.2. The third kappa shape index (κ3) is 7.26. The van der Waals surface area contributed by atoms with E-state index in [2.05, 4.69) is 0 Å². The highest BCUT2D eigenvalue weighted by molar-refractivity contribution is 6.08. The number of urea groups is 1. The number of likely N-dealkylation sites (N-methyl/N-ethyl adjacent to an activating group) is 1. The van der Waals surface area contributed by atoms with Gasteiger partial charge in [0.25, 0.3) is 0 Å². The van der Waals surface area contributed by atoms with Gasteiger partial charge in [-0.1, -0.05) is 84.9 Å². The maximum atomic E-state index is 12.9. The molecule has 0 radical (unpaired) electrons. The molecule has 1 saturated heterocycles. The summed E-state index contributed by atoms with van der Waals surface area (Å²) in [4.78, 5) is 41.2. The second kappa shape index (κ2) is 13.5. The summed E-state index contributed by atoms with van der Waals surface area (Å²) in [6.45, 7) is 3.04. The number of carboxylic acid groups (broad SMARTS) is 1. The molecule has 1 aliphatic heterocycles. The van der Waals surface area contributed by atoms with Gasteiger partial charge in [0.15, 0.2) is 5.78 Å². The zero-order valence-electron chi connectivity index (χ0n) is 24.9.